The molecule has 0 fully saturated rings. The number of nitrogens with zero attached hydrogens (tertiary/aromatic N) is 1. The maximum atomic E-state index is 6.02. The van der Waals surface area contributed by atoms with E-state index in [9.17, 15) is 0 Å². The molecular weight excluding hydrogens is 434 g/mol. The minimum absolute atomic E-state index is 0.0102. The van der Waals surface area contributed by atoms with Gasteiger partial charge in [-0.05, 0) is 73.0 Å². The Kier molecular flexibility index (Phi) is 12.5. The molecule has 0 saturated carbocycles. The Morgan fingerprint density at radius 2 is 1.46 bits per heavy atom. The number of ether oxygens (including phenoxy) is 3. The van der Waals surface area contributed by atoms with Crippen molar-refractivity contribution < 1.29 is 14.2 Å². The summed E-state index contributed by atoms with van der Waals surface area (Å²) in [6.45, 7) is 6.42. The molecule has 0 amide bonds. The van der Waals surface area contributed by atoms with Gasteiger partial charge in [0.25, 0.3) is 0 Å². The van der Waals surface area contributed by atoms with Crippen LogP contribution in [0.2, 0.25) is 0 Å². The van der Waals surface area contributed by atoms with Crippen molar-refractivity contribution in [3.63, 3.8) is 0 Å². The van der Waals surface area contributed by atoms with E-state index < -0.39 is 0 Å². The zero-order valence-electron chi connectivity index (χ0n) is 21.7. The molecular formula is C31H43NO3. The van der Waals surface area contributed by atoms with Gasteiger partial charge in [-0.2, -0.15) is 0 Å². The van der Waals surface area contributed by atoms with Gasteiger partial charge in [-0.3, -0.25) is 4.99 Å². The van der Waals surface area contributed by atoms with E-state index in [-0.39, 0.29) is 6.10 Å². The largest absolute Gasteiger partial charge is 0.494 e. The van der Waals surface area contributed by atoms with E-state index >= 15 is 0 Å². The van der Waals surface area contributed by atoms with Gasteiger partial charge < -0.3 is 14.2 Å². The number of aliphatic imine (C=N–C) groups is 1. The van der Waals surface area contributed by atoms with Gasteiger partial charge in [-0.15, -0.1) is 0 Å². The third-order valence-corrected chi connectivity index (χ3v) is 6.42. The second kappa shape index (κ2) is 16.1. The van der Waals surface area contributed by atoms with E-state index in [1.165, 1.54) is 63.4 Å². The van der Waals surface area contributed by atoms with Crippen LogP contribution in [0.4, 0.5) is 5.69 Å². The molecule has 2 aromatic carbocycles. The predicted molar refractivity (Wildman–Crippen MR) is 146 cm³/mol. The number of rotatable bonds is 16. The molecule has 4 heteroatoms. The van der Waals surface area contributed by atoms with Crippen LogP contribution in [0.25, 0.3) is 0 Å². The standard InChI is InChI=1S/C31H43NO3/c1-3-4-5-6-7-8-9-10-11-12-22-34-29-17-13-27(14-18-29)24-32-28-15-19-30(20-16-28)35-31-25-33-23-21-26(31)2/h13-21,24,31H,3-12,22-23,25H2,1-2H3/t31-/m1/s1. The van der Waals surface area contributed by atoms with Crippen LogP contribution in [0.3, 0.4) is 0 Å². The third-order valence-electron chi connectivity index (χ3n) is 6.42. The first-order valence-electron chi connectivity index (χ1n) is 13.5. The summed E-state index contributed by atoms with van der Waals surface area (Å²) in [5, 5.41) is 0. The van der Waals surface area contributed by atoms with Crippen LogP contribution in [0, 0.1) is 0 Å². The SMILES string of the molecule is CCCCCCCCCCCCOc1ccc(C=Nc2ccc(O[C@@H]3COCC=C3C)cc2)cc1. The first kappa shape index (κ1) is 27.0. The fraction of sp³-hybridized carbons (Fsp3) is 0.516. The zero-order chi connectivity index (χ0) is 24.6. The molecule has 35 heavy (non-hydrogen) atoms. The van der Waals surface area contributed by atoms with Crippen LogP contribution in [0.1, 0.15) is 83.6 Å². The number of unbranched alkanes of at least 4 members (excludes halogenated alkanes) is 9. The molecule has 1 aliphatic rings. The topological polar surface area (TPSA) is 40.0 Å². The molecule has 1 atom stereocenters. The molecule has 0 aliphatic carbocycles. The Hall–Kier alpha value is -2.59. The summed E-state index contributed by atoms with van der Waals surface area (Å²) in [6, 6.07) is 16.0. The molecule has 0 bridgehead atoms. The maximum Gasteiger partial charge on any atom is 0.143 e. The molecule has 1 aliphatic heterocycles. The lowest BCUT2D eigenvalue weighted by molar-refractivity contribution is 0.0681. The summed E-state index contributed by atoms with van der Waals surface area (Å²) in [7, 11) is 0. The average molecular weight is 478 g/mol. The van der Waals surface area contributed by atoms with Crippen molar-refractivity contribution >= 4 is 11.9 Å². The summed E-state index contributed by atoms with van der Waals surface area (Å²) < 4.78 is 17.4. The Bertz CT molecular complexity index is 886. The highest BCUT2D eigenvalue weighted by atomic mass is 16.5. The highest BCUT2D eigenvalue weighted by molar-refractivity contribution is 5.82. The van der Waals surface area contributed by atoms with Crippen molar-refractivity contribution in [1.82, 2.24) is 0 Å². The smallest absolute Gasteiger partial charge is 0.143 e. The molecule has 0 spiro atoms. The molecule has 2 aromatic rings. The lowest BCUT2D eigenvalue weighted by Gasteiger charge is -2.23. The Morgan fingerprint density at radius 1 is 0.829 bits per heavy atom. The van der Waals surface area contributed by atoms with E-state index in [2.05, 4.69) is 24.9 Å². The zero-order valence-corrected chi connectivity index (χ0v) is 21.7. The first-order valence-corrected chi connectivity index (χ1v) is 13.5. The third kappa shape index (κ3) is 10.7. The average Bonchev–Trinajstić information content (AvgIpc) is 2.89. The van der Waals surface area contributed by atoms with E-state index in [1.54, 1.807) is 0 Å². The fourth-order valence-electron chi connectivity index (χ4n) is 4.11. The van der Waals surface area contributed by atoms with Crippen LogP contribution < -0.4 is 9.47 Å². The van der Waals surface area contributed by atoms with Crippen LogP contribution in [0.15, 0.2) is 65.2 Å². The Morgan fingerprint density at radius 3 is 2.11 bits per heavy atom. The summed E-state index contributed by atoms with van der Waals surface area (Å²) in [6.07, 6.45) is 17.3. The lowest BCUT2D eigenvalue weighted by atomic mass is 10.1. The molecule has 190 valence electrons. The van der Waals surface area contributed by atoms with Crippen LogP contribution in [-0.2, 0) is 4.74 Å². The molecule has 3 rings (SSSR count). The Balaban J connectivity index is 1.30. The van der Waals surface area contributed by atoms with Crippen LogP contribution >= 0.6 is 0 Å². The second-order valence-electron chi connectivity index (χ2n) is 9.44. The maximum absolute atomic E-state index is 6.02. The predicted octanol–water partition coefficient (Wildman–Crippen LogP) is 8.46. The highest BCUT2D eigenvalue weighted by Gasteiger charge is 2.16. The van der Waals surface area contributed by atoms with Crippen LogP contribution in [0.5, 0.6) is 11.5 Å². The molecule has 0 radical (unpaired) electrons. The molecule has 0 aromatic heterocycles. The van der Waals surface area contributed by atoms with Gasteiger partial charge in [-0.1, -0.05) is 70.8 Å². The van der Waals surface area contributed by atoms with Crippen LogP contribution in [-0.4, -0.2) is 32.1 Å². The Labute approximate surface area is 212 Å². The summed E-state index contributed by atoms with van der Waals surface area (Å²) in [5.74, 6) is 1.76. The lowest BCUT2D eigenvalue weighted by Crippen LogP contribution is -2.28. The molecule has 0 N–H and O–H groups in total. The van der Waals surface area contributed by atoms with Crippen molar-refractivity contribution in [2.75, 3.05) is 19.8 Å². The number of hydrogen-bond donors (Lipinski definition) is 0. The number of benzene rings is 2. The van der Waals surface area contributed by atoms with Crippen molar-refractivity contribution in [3.8, 4) is 11.5 Å². The van der Waals surface area contributed by atoms with E-state index in [0.717, 1.165) is 35.8 Å². The van der Waals surface area contributed by atoms with Gasteiger partial charge in [0, 0.05) is 6.21 Å². The van der Waals surface area contributed by atoms with E-state index in [1.807, 2.05) is 54.7 Å². The van der Waals surface area contributed by atoms with Crippen molar-refractivity contribution in [3.05, 3.63) is 65.7 Å². The second-order valence-corrected chi connectivity index (χ2v) is 9.44. The normalized spacial score (nSPS) is 15.8. The highest BCUT2D eigenvalue weighted by Crippen LogP contribution is 2.22. The summed E-state index contributed by atoms with van der Waals surface area (Å²) >= 11 is 0. The van der Waals surface area contributed by atoms with Gasteiger partial charge in [-0.25, -0.2) is 0 Å². The molecule has 1 heterocycles. The van der Waals surface area contributed by atoms with Crippen molar-refractivity contribution in [2.45, 2.75) is 84.2 Å². The molecule has 0 saturated heterocycles. The van der Waals surface area contributed by atoms with Crippen molar-refractivity contribution in [1.29, 1.82) is 0 Å². The summed E-state index contributed by atoms with van der Waals surface area (Å²) in [4.78, 5) is 4.58. The van der Waals surface area contributed by atoms with Gasteiger partial charge >= 0.3 is 0 Å². The van der Waals surface area contributed by atoms with Gasteiger partial charge in [0.15, 0.2) is 0 Å². The molecule has 0 unspecified atom stereocenters. The molecule has 4 nitrogen and oxygen atoms in total. The van der Waals surface area contributed by atoms with Gasteiger partial charge in [0.1, 0.15) is 17.6 Å². The van der Waals surface area contributed by atoms with E-state index in [4.69, 9.17) is 14.2 Å². The van der Waals surface area contributed by atoms with E-state index in [0.29, 0.717) is 13.2 Å². The minimum atomic E-state index is -0.0102. The first-order chi connectivity index (χ1) is 17.2. The van der Waals surface area contributed by atoms with Gasteiger partial charge in [0.05, 0.1) is 25.5 Å². The van der Waals surface area contributed by atoms with Crippen molar-refractivity contribution in [2.24, 2.45) is 4.99 Å². The minimum Gasteiger partial charge on any atom is -0.494 e. The fourth-order valence-corrected chi connectivity index (χ4v) is 4.11. The number of hydrogen-bond acceptors (Lipinski definition) is 4. The quantitative estimate of drug-likeness (QED) is 0.138. The monoisotopic (exact) mass is 477 g/mol. The van der Waals surface area contributed by atoms with Gasteiger partial charge in [0.2, 0.25) is 0 Å². The summed E-state index contributed by atoms with van der Waals surface area (Å²) in [5.41, 5.74) is 3.16.